The number of hydrogen-bond acceptors (Lipinski definition) is 4. The zero-order chi connectivity index (χ0) is 15.1. The monoisotopic (exact) mass is 291 g/mol. The van der Waals surface area contributed by atoms with Crippen LogP contribution in [0.2, 0.25) is 0 Å². The van der Waals surface area contributed by atoms with Gasteiger partial charge in [0.15, 0.2) is 0 Å². The lowest BCUT2D eigenvalue weighted by Gasteiger charge is -2.34. The van der Waals surface area contributed by atoms with E-state index in [2.05, 4.69) is 47.2 Å². The lowest BCUT2D eigenvalue weighted by molar-refractivity contribution is 0.131. The third kappa shape index (κ3) is 4.70. The number of ether oxygens (including phenoxy) is 1. The van der Waals surface area contributed by atoms with Gasteiger partial charge in [0.1, 0.15) is 5.75 Å². The molecule has 0 saturated carbocycles. The Hall–Kier alpha value is -1.10. The van der Waals surface area contributed by atoms with Crippen LogP contribution in [-0.2, 0) is 13.1 Å². The molecule has 1 fully saturated rings. The average Bonchev–Trinajstić information content (AvgIpc) is 2.54. The first kappa shape index (κ1) is 16.3. The van der Waals surface area contributed by atoms with Crippen molar-refractivity contribution in [3.8, 4) is 5.75 Å². The van der Waals surface area contributed by atoms with Crippen molar-refractivity contribution >= 4 is 0 Å². The van der Waals surface area contributed by atoms with Crippen molar-refractivity contribution in [2.45, 2.75) is 26.9 Å². The van der Waals surface area contributed by atoms with Gasteiger partial charge in [-0.3, -0.25) is 4.90 Å². The Morgan fingerprint density at radius 1 is 1.10 bits per heavy atom. The van der Waals surface area contributed by atoms with Crippen molar-refractivity contribution in [3.05, 3.63) is 29.3 Å². The molecule has 1 N–H and O–H groups in total. The smallest absolute Gasteiger partial charge is 0.123 e. The molecule has 1 saturated heterocycles. The highest BCUT2D eigenvalue weighted by atomic mass is 16.5. The molecule has 4 heteroatoms. The molecule has 1 aliphatic rings. The lowest BCUT2D eigenvalue weighted by atomic mass is 10.1. The van der Waals surface area contributed by atoms with Gasteiger partial charge in [-0.1, -0.05) is 19.9 Å². The Labute approximate surface area is 129 Å². The molecule has 0 bridgehead atoms. The van der Waals surface area contributed by atoms with Gasteiger partial charge in [-0.25, -0.2) is 0 Å². The summed E-state index contributed by atoms with van der Waals surface area (Å²) in [5, 5.41) is 3.39. The first-order chi connectivity index (χ1) is 10.3. The number of piperazine rings is 1. The molecule has 0 amide bonds. The summed E-state index contributed by atoms with van der Waals surface area (Å²) in [5.74, 6) is 1.01. The second kappa shape index (κ2) is 8.37. The van der Waals surface area contributed by atoms with Gasteiger partial charge in [0.25, 0.3) is 0 Å². The Morgan fingerprint density at radius 3 is 2.43 bits per heavy atom. The van der Waals surface area contributed by atoms with Crippen molar-refractivity contribution < 1.29 is 4.74 Å². The van der Waals surface area contributed by atoms with Crippen LogP contribution >= 0.6 is 0 Å². The Balaban J connectivity index is 2.00. The van der Waals surface area contributed by atoms with Crippen LogP contribution < -0.4 is 10.1 Å². The topological polar surface area (TPSA) is 27.7 Å². The summed E-state index contributed by atoms with van der Waals surface area (Å²) >= 11 is 0. The standard InChI is InChI=1S/C17H29N3O/c1-4-18-13-15-6-7-17(21-3)16(12-15)14-20-10-8-19(5-2)9-11-20/h6-7,12,18H,4-5,8-11,13-14H2,1-3H3. The minimum atomic E-state index is 0.928. The number of nitrogens with zero attached hydrogens (tertiary/aromatic N) is 2. The zero-order valence-corrected chi connectivity index (χ0v) is 13.7. The molecule has 0 radical (unpaired) electrons. The van der Waals surface area contributed by atoms with Crippen molar-refractivity contribution in [1.82, 2.24) is 15.1 Å². The predicted molar refractivity (Wildman–Crippen MR) is 87.8 cm³/mol. The van der Waals surface area contributed by atoms with E-state index < -0.39 is 0 Å². The largest absolute Gasteiger partial charge is 0.496 e. The first-order valence-corrected chi connectivity index (χ1v) is 8.08. The van der Waals surface area contributed by atoms with Crippen LogP contribution in [0, 0.1) is 0 Å². The summed E-state index contributed by atoms with van der Waals surface area (Å²) in [7, 11) is 1.76. The van der Waals surface area contributed by atoms with Gasteiger partial charge in [0.2, 0.25) is 0 Å². The highest BCUT2D eigenvalue weighted by Crippen LogP contribution is 2.22. The van der Waals surface area contributed by atoms with Gasteiger partial charge in [0.05, 0.1) is 7.11 Å². The zero-order valence-electron chi connectivity index (χ0n) is 13.7. The number of methoxy groups -OCH3 is 1. The molecule has 0 unspecified atom stereocenters. The van der Waals surface area contributed by atoms with Crippen LogP contribution in [0.4, 0.5) is 0 Å². The molecule has 2 rings (SSSR count). The summed E-state index contributed by atoms with van der Waals surface area (Å²) < 4.78 is 5.53. The molecule has 1 aromatic rings. The molecule has 118 valence electrons. The molecule has 1 heterocycles. The summed E-state index contributed by atoms with van der Waals surface area (Å²) in [5.41, 5.74) is 2.64. The van der Waals surface area contributed by atoms with Gasteiger partial charge in [0, 0.05) is 44.8 Å². The molecule has 21 heavy (non-hydrogen) atoms. The van der Waals surface area contributed by atoms with Crippen LogP contribution in [-0.4, -0.2) is 56.2 Å². The minimum Gasteiger partial charge on any atom is -0.496 e. The Morgan fingerprint density at radius 2 is 1.81 bits per heavy atom. The van der Waals surface area contributed by atoms with Crippen molar-refractivity contribution in [2.75, 3.05) is 46.4 Å². The maximum atomic E-state index is 5.53. The van der Waals surface area contributed by atoms with E-state index in [0.717, 1.165) is 45.0 Å². The summed E-state index contributed by atoms with van der Waals surface area (Å²) in [6.45, 7) is 13.1. The fourth-order valence-corrected chi connectivity index (χ4v) is 2.84. The number of benzene rings is 1. The van der Waals surface area contributed by atoms with E-state index in [1.165, 1.54) is 24.2 Å². The first-order valence-electron chi connectivity index (χ1n) is 8.08. The third-order valence-corrected chi connectivity index (χ3v) is 4.23. The lowest BCUT2D eigenvalue weighted by Crippen LogP contribution is -2.45. The van der Waals surface area contributed by atoms with Crippen molar-refractivity contribution in [1.29, 1.82) is 0 Å². The second-order valence-corrected chi connectivity index (χ2v) is 5.64. The minimum absolute atomic E-state index is 0.928. The maximum Gasteiger partial charge on any atom is 0.123 e. The summed E-state index contributed by atoms with van der Waals surface area (Å²) in [4.78, 5) is 5.04. The molecular formula is C17H29N3O. The van der Waals surface area contributed by atoms with Crippen molar-refractivity contribution in [2.24, 2.45) is 0 Å². The van der Waals surface area contributed by atoms with Gasteiger partial charge in [-0.15, -0.1) is 0 Å². The summed E-state index contributed by atoms with van der Waals surface area (Å²) in [6, 6.07) is 6.54. The molecule has 0 aromatic heterocycles. The van der Waals surface area contributed by atoms with Gasteiger partial charge in [-0.05, 0) is 30.8 Å². The molecule has 0 aliphatic carbocycles. The van der Waals surface area contributed by atoms with E-state index in [4.69, 9.17) is 4.74 Å². The number of rotatable bonds is 7. The van der Waals surface area contributed by atoms with Crippen LogP contribution in [0.1, 0.15) is 25.0 Å². The SMILES string of the molecule is CCNCc1ccc(OC)c(CN2CCN(CC)CC2)c1. The number of likely N-dealkylation sites (N-methyl/N-ethyl adjacent to an activating group) is 1. The predicted octanol–water partition coefficient (Wildman–Crippen LogP) is 1.94. The van der Waals surface area contributed by atoms with Crippen LogP contribution in [0.5, 0.6) is 5.75 Å². The van der Waals surface area contributed by atoms with Crippen LogP contribution in [0.15, 0.2) is 18.2 Å². The van der Waals surface area contributed by atoms with E-state index in [-0.39, 0.29) is 0 Å². The normalized spacial score (nSPS) is 17.1. The van der Waals surface area contributed by atoms with Crippen molar-refractivity contribution in [3.63, 3.8) is 0 Å². The fourth-order valence-electron chi connectivity index (χ4n) is 2.84. The average molecular weight is 291 g/mol. The molecule has 1 aliphatic heterocycles. The van der Waals surface area contributed by atoms with E-state index >= 15 is 0 Å². The molecule has 4 nitrogen and oxygen atoms in total. The molecule has 0 spiro atoms. The Kier molecular flexibility index (Phi) is 6.49. The molecular weight excluding hydrogens is 262 g/mol. The van der Waals surface area contributed by atoms with Gasteiger partial charge >= 0.3 is 0 Å². The quantitative estimate of drug-likeness (QED) is 0.831. The maximum absolute atomic E-state index is 5.53. The van der Waals surface area contributed by atoms with E-state index in [9.17, 15) is 0 Å². The number of hydrogen-bond donors (Lipinski definition) is 1. The van der Waals surface area contributed by atoms with Crippen LogP contribution in [0.3, 0.4) is 0 Å². The van der Waals surface area contributed by atoms with Crippen LogP contribution in [0.25, 0.3) is 0 Å². The Bertz CT molecular complexity index is 428. The summed E-state index contributed by atoms with van der Waals surface area (Å²) in [6.07, 6.45) is 0. The third-order valence-electron chi connectivity index (χ3n) is 4.23. The van der Waals surface area contributed by atoms with E-state index in [0.29, 0.717) is 0 Å². The van der Waals surface area contributed by atoms with Gasteiger partial charge in [-0.2, -0.15) is 0 Å². The highest BCUT2D eigenvalue weighted by Gasteiger charge is 2.17. The van der Waals surface area contributed by atoms with Gasteiger partial charge < -0.3 is 15.0 Å². The fraction of sp³-hybridized carbons (Fsp3) is 0.647. The number of nitrogens with one attached hydrogen (secondary N) is 1. The van der Waals surface area contributed by atoms with E-state index in [1.54, 1.807) is 7.11 Å². The van der Waals surface area contributed by atoms with E-state index in [1.807, 2.05) is 0 Å². The molecule has 0 atom stereocenters. The second-order valence-electron chi connectivity index (χ2n) is 5.64. The molecule has 1 aromatic carbocycles. The highest BCUT2D eigenvalue weighted by molar-refractivity contribution is 5.37.